The molecule has 3 amide bonds. The van der Waals surface area contributed by atoms with Gasteiger partial charge in [-0.2, -0.15) is 29.5 Å². The topological polar surface area (TPSA) is 117 Å². The van der Waals surface area contributed by atoms with Gasteiger partial charge in [0.25, 0.3) is 0 Å². The van der Waals surface area contributed by atoms with Crippen LogP contribution < -0.4 is 45.5 Å². The Balaban J connectivity index is 0.00000169. The van der Waals surface area contributed by atoms with E-state index in [1.165, 1.54) is 0 Å². The zero-order chi connectivity index (χ0) is 16.9. The predicted molar refractivity (Wildman–Crippen MR) is 95.8 cm³/mol. The Morgan fingerprint density at radius 3 is 2.65 bits per heavy atom. The molecule has 7 nitrogen and oxygen atoms in total. The van der Waals surface area contributed by atoms with E-state index in [1.54, 1.807) is 30.6 Å². The number of nitrogens with one attached hydrogen (secondary N) is 3. The van der Waals surface area contributed by atoms with Crippen molar-refractivity contribution >= 4 is 35.7 Å². The van der Waals surface area contributed by atoms with E-state index in [1.807, 2.05) is 11.8 Å². The molecule has 136 valence electrons. The van der Waals surface area contributed by atoms with E-state index >= 15 is 0 Å². The molecule has 9 heteroatoms. The Kier molecular flexibility index (Phi) is 9.67. The first-order valence-corrected chi connectivity index (χ1v) is 9.17. The fourth-order valence-electron chi connectivity index (χ4n) is 3.12. The largest absolute Gasteiger partial charge is 1.00 e. The first-order chi connectivity index (χ1) is 11.7. The minimum absolute atomic E-state index is 0. The van der Waals surface area contributed by atoms with Gasteiger partial charge in [0.05, 0.1) is 18.4 Å². The summed E-state index contributed by atoms with van der Waals surface area (Å²) in [5, 5.41) is 9.17. The van der Waals surface area contributed by atoms with Gasteiger partial charge in [0.1, 0.15) is 0 Å². The Morgan fingerprint density at radius 1 is 1.23 bits per heavy atom. The normalized spacial score (nSPS) is 22.9. The van der Waals surface area contributed by atoms with Crippen LogP contribution >= 0.6 is 11.8 Å². The molecular weight excluding hydrogens is 365 g/mol. The van der Waals surface area contributed by atoms with Gasteiger partial charge in [-0.25, -0.2) is 4.79 Å². The Bertz CT molecular complexity index is 629. The van der Waals surface area contributed by atoms with Crippen molar-refractivity contribution in [2.24, 2.45) is 0 Å². The number of carbonyl (C=O) groups excluding carboxylic acids is 3. The Labute approximate surface area is 179 Å². The molecule has 2 heterocycles. The smallest absolute Gasteiger partial charge is 0.870 e. The molecule has 0 aliphatic carbocycles. The van der Waals surface area contributed by atoms with Crippen molar-refractivity contribution in [3.8, 4) is 0 Å². The molecule has 0 spiro atoms. The van der Waals surface area contributed by atoms with E-state index in [2.05, 4.69) is 16.0 Å². The summed E-state index contributed by atoms with van der Waals surface area (Å²) in [4.78, 5) is 33.7. The molecule has 4 N–H and O–H groups in total. The number of thioether (sulfide) groups is 1. The maximum absolute atomic E-state index is 11.9. The first kappa shape index (κ1) is 23.0. The van der Waals surface area contributed by atoms with Crippen LogP contribution in [-0.2, 0) is 9.59 Å². The van der Waals surface area contributed by atoms with Gasteiger partial charge in [0.2, 0.25) is 5.91 Å². The second kappa shape index (κ2) is 10.9. The fourth-order valence-corrected chi connectivity index (χ4v) is 4.66. The molecular formula is C17H21N3NaO4S-. The molecule has 3 rings (SSSR count). The number of rotatable bonds is 7. The van der Waals surface area contributed by atoms with Crippen LogP contribution in [0.25, 0.3) is 0 Å². The molecule has 1 aromatic rings. The number of benzene rings is 1. The molecule has 0 saturated carbocycles. The molecule has 2 aliphatic heterocycles. The standard InChI is InChI=1S/C17H20N3O3S.Na.H2O/c21-9-11-5-7-12(8-6-11)18-15(22)4-2-1-3-14-16-13(10-24-14)19-17(23)20-16;;/h5-8,13-14,16H,1-4,10H2,(H,18,22)(H2,19,20,23);;1H2/q-1;+1;/p-1/t13-,14?,16-;;/m0../s1. The van der Waals surface area contributed by atoms with Gasteiger partial charge in [-0.05, 0) is 12.8 Å². The van der Waals surface area contributed by atoms with E-state index < -0.39 is 0 Å². The third kappa shape index (κ3) is 5.99. The molecule has 26 heavy (non-hydrogen) atoms. The molecule has 1 aromatic carbocycles. The van der Waals surface area contributed by atoms with Crippen LogP contribution in [-0.4, -0.2) is 46.8 Å². The van der Waals surface area contributed by atoms with Gasteiger partial charge in [-0.1, -0.05) is 18.6 Å². The number of anilines is 1. The van der Waals surface area contributed by atoms with Crippen LogP contribution in [0, 0.1) is 0 Å². The van der Waals surface area contributed by atoms with E-state index in [0.29, 0.717) is 22.9 Å². The third-order valence-electron chi connectivity index (χ3n) is 4.37. The van der Waals surface area contributed by atoms with Crippen molar-refractivity contribution in [1.29, 1.82) is 0 Å². The minimum Gasteiger partial charge on any atom is -0.870 e. The van der Waals surface area contributed by atoms with Crippen LogP contribution in [0.2, 0.25) is 0 Å². The average Bonchev–Trinajstić information content (AvgIpc) is 3.12. The van der Waals surface area contributed by atoms with E-state index in [0.717, 1.165) is 25.0 Å². The van der Waals surface area contributed by atoms with Crippen molar-refractivity contribution in [1.82, 2.24) is 10.6 Å². The summed E-state index contributed by atoms with van der Waals surface area (Å²) in [6.07, 6.45) is 5.06. The summed E-state index contributed by atoms with van der Waals surface area (Å²) < 4.78 is 0. The maximum atomic E-state index is 11.9. The summed E-state index contributed by atoms with van der Waals surface area (Å²) in [5.41, 5.74) is 1.15. The van der Waals surface area contributed by atoms with Gasteiger partial charge in [-0.3, -0.25) is 4.79 Å². The fraction of sp³-hybridized carbons (Fsp3) is 0.471. The van der Waals surface area contributed by atoms with E-state index in [-0.39, 0.29) is 59.1 Å². The van der Waals surface area contributed by atoms with E-state index in [4.69, 9.17) is 0 Å². The van der Waals surface area contributed by atoms with Crippen molar-refractivity contribution in [3.05, 3.63) is 29.8 Å². The monoisotopic (exact) mass is 386 g/mol. The van der Waals surface area contributed by atoms with E-state index in [9.17, 15) is 14.4 Å². The van der Waals surface area contributed by atoms with Crippen molar-refractivity contribution < 1.29 is 49.4 Å². The summed E-state index contributed by atoms with van der Waals surface area (Å²) in [6.45, 7) is 0. The van der Waals surface area contributed by atoms with Crippen LogP contribution in [0.4, 0.5) is 10.5 Å². The molecule has 1 unspecified atom stereocenters. The summed E-state index contributed by atoms with van der Waals surface area (Å²) in [7, 11) is 0. The van der Waals surface area contributed by atoms with Gasteiger partial charge in [0.15, 0.2) is 0 Å². The molecule has 0 aromatic heterocycles. The minimum atomic E-state index is -0.0622. The van der Waals surface area contributed by atoms with Crippen LogP contribution in [0.15, 0.2) is 24.3 Å². The number of hydrogen-bond donors (Lipinski definition) is 3. The Morgan fingerprint density at radius 2 is 1.96 bits per heavy atom. The second-order valence-electron chi connectivity index (χ2n) is 6.10. The summed E-state index contributed by atoms with van der Waals surface area (Å²) in [5.74, 6) is 0.939. The zero-order valence-electron chi connectivity index (χ0n) is 14.7. The van der Waals surface area contributed by atoms with Crippen molar-refractivity contribution in [3.63, 3.8) is 0 Å². The van der Waals surface area contributed by atoms with Crippen LogP contribution in [0.1, 0.15) is 31.2 Å². The van der Waals surface area contributed by atoms with Crippen LogP contribution in [0.3, 0.4) is 0 Å². The number of carbonyl (C=O) groups is 2. The number of fused-ring (bicyclic) bond motifs is 1. The molecule has 0 radical (unpaired) electrons. The number of hydrogen-bond acceptors (Lipinski definition) is 5. The molecule has 0 bridgehead atoms. The summed E-state index contributed by atoms with van der Waals surface area (Å²) in [6, 6.07) is 7.06. The van der Waals surface area contributed by atoms with Crippen molar-refractivity contribution in [2.75, 3.05) is 11.1 Å². The van der Waals surface area contributed by atoms with Crippen molar-refractivity contribution in [2.45, 2.75) is 43.0 Å². The molecule has 2 saturated heterocycles. The third-order valence-corrected chi connectivity index (χ3v) is 5.88. The van der Waals surface area contributed by atoms with Gasteiger partial charge in [-0.15, -0.1) is 0 Å². The Hall–Kier alpha value is -1.06. The zero-order valence-corrected chi connectivity index (χ0v) is 17.5. The average molecular weight is 386 g/mol. The van der Waals surface area contributed by atoms with Gasteiger partial charge < -0.3 is 26.2 Å². The number of unbranched alkanes of at least 4 members (excludes halogenated alkanes) is 1. The summed E-state index contributed by atoms with van der Waals surface area (Å²) >= 11 is 1.89. The maximum Gasteiger partial charge on any atom is 1.00 e. The first-order valence-electron chi connectivity index (χ1n) is 8.12. The molecule has 3 atom stereocenters. The van der Waals surface area contributed by atoms with Crippen LogP contribution in [0.5, 0.6) is 0 Å². The quantitative estimate of drug-likeness (QED) is 0.231. The number of amides is 3. The number of urea groups is 1. The second-order valence-corrected chi connectivity index (χ2v) is 7.37. The van der Waals surface area contributed by atoms with Gasteiger partial charge >= 0.3 is 35.6 Å². The predicted octanol–water partition coefficient (Wildman–Crippen LogP) is -1.36. The molecule has 2 aliphatic rings. The SMILES string of the molecule is O=[C-]c1ccc(NC(=O)CCCCC2SC[C@@H]3NC(=O)N[C@H]23)cc1.[Na+].[OH-]. The van der Waals surface area contributed by atoms with Gasteiger partial charge in [0, 0.05) is 23.1 Å². The molecule has 2 fully saturated rings.